The van der Waals surface area contributed by atoms with Crippen molar-refractivity contribution in [3.63, 3.8) is 0 Å². The molecule has 0 amide bonds. The summed E-state index contributed by atoms with van der Waals surface area (Å²) >= 11 is 0. The summed E-state index contributed by atoms with van der Waals surface area (Å²) in [5.74, 6) is 0.971. The Morgan fingerprint density at radius 1 is 1.06 bits per heavy atom. The van der Waals surface area contributed by atoms with Crippen molar-refractivity contribution in [2.75, 3.05) is 0 Å². The van der Waals surface area contributed by atoms with Crippen molar-refractivity contribution >= 4 is 8.32 Å². The highest BCUT2D eigenvalue weighted by molar-refractivity contribution is 6.73. The van der Waals surface area contributed by atoms with E-state index in [1.165, 1.54) is 18.1 Å². The third-order valence-electron chi connectivity index (χ3n) is 3.42. The Labute approximate surface area is 114 Å². The molecule has 0 radical (unpaired) electrons. The van der Waals surface area contributed by atoms with Gasteiger partial charge in [0.15, 0.2) is 0 Å². The third-order valence-corrected chi connectivity index (χ3v) is 7.95. The van der Waals surface area contributed by atoms with Gasteiger partial charge in [0.05, 0.1) is 5.76 Å². The first kappa shape index (κ1) is 17.0. The van der Waals surface area contributed by atoms with Crippen molar-refractivity contribution in [3.05, 3.63) is 49.3 Å². The maximum Gasteiger partial charge on any atom is 0.250 e. The van der Waals surface area contributed by atoms with Gasteiger partial charge in [-0.2, -0.15) is 0 Å². The molecule has 0 aliphatic heterocycles. The first-order chi connectivity index (χ1) is 8.67. The molecule has 1 nitrogen and oxygen atoms in total. The van der Waals surface area contributed by atoms with Crippen LogP contribution in [0.25, 0.3) is 0 Å². The predicted molar refractivity (Wildman–Crippen MR) is 85.1 cm³/mol. The lowest BCUT2D eigenvalue weighted by atomic mass is 10.2. The van der Waals surface area contributed by atoms with E-state index in [0.717, 1.165) is 18.6 Å². The van der Waals surface area contributed by atoms with E-state index in [9.17, 15) is 0 Å². The zero-order valence-corrected chi connectivity index (χ0v) is 13.2. The van der Waals surface area contributed by atoms with E-state index in [1.54, 1.807) is 6.08 Å². The highest BCUT2D eigenvalue weighted by Gasteiger charge is 2.30. The molecule has 0 spiro atoms. The lowest BCUT2D eigenvalue weighted by Crippen LogP contribution is -2.35. The van der Waals surface area contributed by atoms with Crippen LogP contribution in [0.3, 0.4) is 0 Å². The lowest BCUT2D eigenvalue weighted by molar-refractivity contribution is 0.420. The van der Waals surface area contributed by atoms with E-state index in [4.69, 9.17) is 4.43 Å². The highest BCUT2D eigenvalue weighted by atomic mass is 28.4. The number of allylic oxidation sites excluding steroid dienone is 5. The molecular formula is C16H28OSi. The van der Waals surface area contributed by atoms with Gasteiger partial charge in [-0.1, -0.05) is 52.2 Å². The molecule has 0 bridgehead atoms. The molecule has 0 saturated heterocycles. The molecule has 0 saturated carbocycles. The van der Waals surface area contributed by atoms with Gasteiger partial charge in [-0.05, 0) is 43.1 Å². The second-order valence-electron chi connectivity index (χ2n) is 4.40. The minimum Gasteiger partial charge on any atom is -0.544 e. The molecule has 18 heavy (non-hydrogen) atoms. The maximum absolute atomic E-state index is 6.28. The van der Waals surface area contributed by atoms with E-state index in [0.29, 0.717) is 0 Å². The van der Waals surface area contributed by atoms with Crippen molar-refractivity contribution in [1.82, 2.24) is 0 Å². The van der Waals surface area contributed by atoms with Gasteiger partial charge in [0.1, 0.15) is 0 Å². The maximum atomic E-state index is 6.28. The van der Waals surface area contributed by atoms with Crippen molar-refractivity contribution in [2.24, 2.45) is 0 Å². The fourth-order valence-electron chi connectivity index (χ4n) is 1.90. The molecule has 0 N–H and O–H groups in total. The van der Waals surface area contributed by atoms with Gasteiger partial charge in [0.2, 0.25) is 8.32 Å². The van der Waals surface area contributed by atoms with Crippen LogP contribution in [0, 0.1) is 0 Å². The summed E-state index contributed by atoms with van der Waals surface area (Å²) < 4.78 is 6.28. The molecule has 0 aromatic carbocycles. The lowest BCUT2D eigenvalue weighted by Gasteiger charge is -2.29. The SMILES string of the molecule is C=CC=CCCC=C(C=C)O[Si](CC)(CC)CC. The van der Waals surface area contributed by atoms with Gasteiger partial charge in [-0.25, -0.2) is 0 Å². The van der Waals surface area contributed by atoms with Crippen molar-refractivity contribution < 1.29 is 4.43 Å². The van der Waals surface area contributed by atoms with Crippen molar-refractivity contribution in [2.45, 2.75) is 51.7 Å². The summed E-state index contributed by atoms with van der Waals surface area (Å²) in [4.78, 5) is 0. The molecular weight excluding hydrogens is 236 g/mol. The normalized spacial score (nSPS) is 12.7. The van der Waals surface area contributed by atoms with E-state index in [-0.39, 0.29) is 0 Å². The Bertz CT molecular complexity index is 290. The minimum absolute atomic E-state index is 0.971. The average molecular weight is 264 g/mol. The molecule has 0 aromatic heterocycles. The molecule has 0 rings (SSSR count). The van der Waals surface area contributed by atoms with Crippen LogP contribution in [-0.4, -0.2) is 8.32 Å². The Balaban J connectivity index is 4.48. The fraction of sp³-hybridized carbons (Fsp3) is 0.500. The van der Waals surface area contributed by atoms with Gasteiger partial charge in [0, 0.05) is 0 Å². The second-order valence-corrected chi connectivity index (χ2v) is 9.09. The molecule has 0 aromatic rings. The molecule has 0 unspecified atom stereocenters. The largest absolute Gasteiger partial charge is 0.544 e. The van der Waals surface area contributed by atoms with E-state index < -0.39 is 8.32 Å². The molecule has 0 fully saturated rings. The van der Waals surface area contributed by atoms with Crippen molar-refractivity contribution in [3.8, 4) is 0 Å². The summed E-state index contributed by atoms with van der Waals surface area (Å²) in [5.41, 5.74) is 0. The molecule has 0 aliphatic carbocycles. The Morgan fingerprint density at radius 2 is 1.67 bits per heavy atom. The van der Waals surface area contributed by atoms with Crippen LogP contribution in [-0.2, 0) is 4.43 Å². The van der Waals surface area contributed by atoms with Gasteiger partial charge in [-0.15, -0.1) is 0 Å². The summed E-state index contributed by atoms with van der Waals surface area (Å²) in [7, 11) is -1.55. The summed E-state index contributed by atoms with van der Waals surface area (Å²) in [6.07, 6.45) is 11.9. The Morgan fingerprint density at radius 3 is 2.11 bits per heavy atom. The molecule has 102 valence electrons. The fourth-order valence-corrected chi connectivity index (χ4v) is 4.50. The molecule has 2 heteroatoms. The van der Waals surface area contributed by atoms with Crippen LogP contribution in [0.5, 0.6) is 0 Å². The monoisotopic (exact) mass is 264 g/mol. The third kappa shape index (κ3) is 6.06. The van der Waals surface area contributed by atoms with Crippen LogP contribution in [0.4, 0.5) is 0 Å². The second kappa shape index (κ2) is 9.95. The summed E-state index contributed by atoms with van der Waals surface area (Å²) in [6.45, 7) is 14.2. The quantitative estimate of drug-likeness (QED) is 0.216. The van der Waals surface area contributed by atoms with Crippen LogP contribution >= 0.6 is 0 Å². The van der Waals surface area contributed by atoms with E-state index in [2.05, 4.69) is 46.1 Å². The van der Waals surface area contributed by atoms with Gasteiger partial charge >= 0.3 is 0 Å². The van der Waals surface area contributed by atoms with Crippen molar-refractivity contribution in [1.29, 1.82) is 0 Å². The van der Waals surface area contributed by atoms with Crippen LogP contribution in [0.1, 0.15) is 33.6 Å². The first-order valence-corrected chi connectivity index (χ1v) is 9.50. The summed E-state index contributed by atoms with van der Waals surface area (Å²) in [5, 5.41) is 0. The zero-order valence-electron chi connectivity index (χ0n) is 12.2. The molecule has 0 aliphatic rings. The van der Waals surface area contributed by atoms with Crippen LogP contribution in [0.15, 0.2) is 49.3 Å². The Hall–Kier alpha value is -1.02. The smallest absolute Gasteiger partial charge is 0.250 e. The topological polar surface area (TPSA) is 9.23 Å². The van der Waals surface area contributed by atoms with Crippen LogP contribution in [0.2, 0.25) is 18.1 Å². The zero-order chi connectivity index (χ0) is 13.9. The number of rotatable bonds is 10. The van der Waals surface area contributed by atoms with Gasteiger partial charge < -0.3 is 4.43 Å². The van der Waals surface area contributed by atoms with Gasteiger partial charge in [0.25, 0.3) is 0 Å². The number of unbranched alkanes of at least 4 members (excludes halogenated alkanes) is 1. The number of hydrogen-bond acceptors (Lipinski definition) is 1. The minimum atomic E-state index is -1.55. The summed E-state index contributed by atoms with van der Waals surface area (Å²) in [6, 6.07) is 3.50. The van der Waals surface area contributed by atoms with Gasteiger partial charge in [-0.3, -0.25) is 0 Å². The Kier molecular flexibility index (Phi) is 9.39. The van der Waals surface area contributed by atoms with Crippen LogP contribution < -0.4 is 0 Å². The highest BCUT2D eigenvalue weighted by Crippen LogP contribution is 2.25. The van der Waals surface area contributed by atoms with E-state index in [1.807, 2.05) is 12.2 Å². The van der Waals surface area contributed by atoms with E-state index >= 15 is 0 Å². The molecule has 0 heterocycles. The standard InChI is InChI=1S/C16H28OSi/c1-6-11-12-13-14-15-16(7-2)17-18(8-3,9-4)10-5/h6-7,11-12,15H,1-2,8-10,13-14H2,3-5H3. The first-order valence-electron chi connectivity index (χ1n) is 6.97. The molecule has 0 atom stereocenters. The number of hydrogen-bond donors (Lipinski definition) is 0. The average Bonchev–Trinajstić information content (AvgIpc) is 2.43. The predicted octanol–water partition coefficient (Wildman–Crippen LogP) is 5.60.